The Morgan fingerprint density at radius 1 is 0.889 bits per heavy atom. The summed E-state index contributed by atoms with van der Waals surface area (Å²) < 4.78 is 10.3. The molecule has 0 unspecified atom stereocenters. The minimum Gasteiger partial charge on any atom is -0.413 e. The Bertz CT molecular complexity index is 768. The molecule has 0 atom stereocenters. The maximum Gasteiger partial charge on any atom is 0.363 e. The SMILES string of the molecule is O=C(c1ccccc1)c1ccc2oc(=S)oc2c1. The molecule has 0 saturated carbocycles. The van der Waals surface area contributed by atoms with E-state index < -0.39 is 0 Å². The van der Waals surface area contributed by atoms with E-state index in [9.17, 15) is 4.79 Å². The second-order valence-corrected chi connectivity index (χ2v) is 4.14. The predicted octanol–water partition coefficient (Wildman–Crippen LogP) is 3.99. The minimum absolute atomic E-state index is 0.0557. The van der Waals surface area contributed by atoms with Gasteiger partial charge in [-0.2, -0.15) is 0 Å². The fourth-order valence-corrected chi connectivity index (χ4v) is 1.95. The van der Waals surface area contributed by atoms with Gasteiger partial charge in [-0.3, -0.25) is 4.79 Å². The average molecular weight is 256 g/mol. The molecule has 0 spiro atoms. The van der Waals surface area contributed by atoms with Gasteiger partial charge in [0.05, 0.1) is 0 Å². The third-order valence-corrected chi connectivity index (χ3v) is 2.80. The van der Waals surface area contributed by atoms with Crippen molar-refractivity contribution in [3.05, 3.63) is 64.6 Å². The van der Waals surface area contributed by atoms with Gasteiger partial charge in [-0.05, 0) is 18.2 Å². The molecule has 0 bridgehead atoms. The van der Waals surface area contributed by atoms with Crippen LogP contribution in [0.5, 0.6) is 0 Å². The Balaban J connectivity index is 2.09. The summed E-state index contributed by atoms with van der Waals surface area (Å²) >= 11 is 4.80. The molecule has 3 aromatic rings. The number of hydrogen-bond donors (Lipinski definition) is 0. The molecular formula is C14H8O3S. The van der Waals surface area contributed by atoms with Crippen LogP contribution in [0, 0.1) is 4.90 Å². The maximum absolute atomic E-state index is 12.2. The predicted molar refractivity (Wildman–Crippen MR) is 69.2 cm³/mol. The Morgan fingerprint density at radius 3 is 2.39 bits per heavy atom. The lowest BCUT2D eigenvalue weighted by molar-refractivity contribution is 0.103. The number of carbonyl (C=O) groups excluding carboxylic acids is 1. The summed E-state index contributed by atoms with van der Waals surface area (Å²) in [6.07, 6.45) is 0. The number of ketones is 1. The number of fused-ring (bicyclic) bond motifs is 1. The van der Waals surface area contributed by atoms with Gasteiger partial charge in [-0.1, -0.05) is 30.3 Å². The Hall–Kier alpha value is -2.20. The van der Waals surface area contributed by atoms with Gasteiger partial charge in [0.2, 0.25) is 0 Å². The third-order valence-electron chi connectivity index (χ3n) is 2.63. The van der Waals surface area contributed by atoms with Crippen molar-refractivity contribution in [2.24, 2.45) is 0 Å². The number of carbonyl (C=O) groups is 1. The van der Waals surface area contributed by atoms with E-state index in [1.807, 2.05) is 18.2 Å². The molecule has 1 aromatic heterocycles. The van der Waals surface area contributed by atoms with E-state index in [0.29, 0.717) is 22.3 Å². The number of hydrogen-bond acceptors (Lipinski definition) is 4. The molecule has 0 aliphatic rings. The highest BCUT2D eigenvalue weighted by Gasteiger charge is 2.11. The standard InChI is InChI=1S/C14H8O3S/c15-13(9-4-2-1-3-5-9)10-6-7-11-12(8-10)17-14(18)16-11/h1-8H. The Morgan fingerprint density at radius 2 is 1.61 bits per heavy atom. The first-order valence-corrected chi connectivity index (χ1v) is 5.78. The molecule has 88 valence electrons. The first kappa shape index (κ1) is 10.9. The van der Waals surface area contributed by atoms with Crippen LogP contribution < -0.4 is 0 Å². The van der Waals surface area contributed by atoms with Crippen LogP contribution in [0.3, 0.4) is 0 Å². The molecule has 4 heteroatoms. The van der Waals surface area contributed by atoms with Crippen molar-refractivity contribution in [1.29, 1.82) is 0 Å². The van der Waals surface area contributed by atoms with Gasteiger partial charge in [0.1, 0.15) is 0 Å². The van der Waals surface area contributed by atoms with E-state index >= 15 is 0 Å². The molecule has 0 amide bonds. The summed E-state index contributed by atoms with van der Waals surface area (Å²) in [6.45, 7) is 0. The summed E-state index contributed by atoms with van der Waals surface area (Å²) in [5.41, 5.74) is 2.22. The van der Waals surface area contributed by atoms with Gasteiger partial charge in [0.15, 0.2) is 16.9 Å². The zero-order valence-corrected chi connectivity index (χ0v) is 10.1. The largest absolute Gasteiger partial charge is 0.413 e. The Labute approximate surface area is 108 Å². The molecule has 0 saturated heterocycles. The van der Waals surface area contributed by atoms with Gasteiger partial charge < -0.3 is 8.83 Å². The average Bonchev–Trinajstić information content (AvgIpc) is 2.78. The van der Waals surface area contributed by atoms with Crippen molar-refractivity contribution in [3.8, 4) is 0 Å². The maximum atomic E-state index is 12.2. The first-order chi connectivity index (χ1) is 8.74. The van der Waals surface area contributed by atoms with Crippen LogP contribution >= 0.6 is 12.2 Å². The zero-order valence-electron chi connectivity index (χ0n) is 9.25. The molecule has 18 heavy (non-hydrogen) atoms. The van der Waals surface area contributed by atoms with Crippen LogP contribution in [0.25, 0.3) is 11.2 Å². The fraction of sp³-hybridized carbons (Fsp3) is 0. The lowest BCUT2D eigenvalue weighted by Crippen LogP contribution is -2.00. The summed E-state index contributed by atoms with van der Waals surface area (Å²) in [6, 6.07) is 14.1. The second kappa shape index (κ2) is 4.23. The highest BCUT2D eigenvalue weighted by molar-refractivity contribution is 7.71. The Kier molecular flexibility index (Phi) is 2.57. The second-order valence-electron chi connectivity index (χ2n) is 3.81. The van der Waals surface area contributed by atoms with Crippen molar-refractivity contribution in [1.82, 2.24) is 0 Å². The van der Waals surface area contributed by atoms with E-state index in [1.165, 1.54) is 0 Å². The van der Waals surface area contributed by atoms with Gasteiger partial charge in [0, 0.05) is 23.3 Å². The molecule has 0 aliphatic carbocycles. The molecule has 0 radical (unpaired) electrons. The summed E-state index contributed by atoms with van der Waals surface area (Å²) in [5.74, 6) is -0.0557. The molecule has 2 aromatic carbocycles. The molecular weight excluding hydrogens is 248 g/mol. The summed E-state index contributed by atoms with van der Waals surface area (Å²) in [5, 5.41) is 0. The zero-order chi connectivity index (χ0) is 12.5. The van der Waals surface area contributed by atoms with E-state index in [-0.39, 0.29) is 10.7 Å². The monoisotopic (exact) mass is 256 g/mol. The van der Waals surface area contributed by atoms with E-state index in [1.54, 1.807) is 30.3 Å². The van der Waals surface area contributed by atoms with E-state index in [4.69, 9.17) is 21.1 Å². The normalized spacial score (nSPS) is 10.7. The van der Waals surface area contributed by atoms with Gasteiger partial charge in [0.25, 0.3) is 0 Å². The lowest BCUT2D eigenvalue weighted by Gasteiger charge is -1.99. The van der Waals surface area contributed by atoms with E-state index in [2.05, 4.69) is 0 Å². The third kappa shape index (κ3) is 1.87. The molecule has 3 rings (SSSR count). The summed E-state index contributed by atoms with van der Waals surface area (Å²) in [7, 11) is 0. The molecule has 3 nitrogen and oxygen atoms in total. The van der Waals surface area contributed by atoms with Crippen molar-refractivity contribution >= 4 is 29.2 Å². The summed E-state index contributed by atoms with van der Waals surface area (Å²) in [4.78, 5) is 12.3. The van der Waals surface area contributed by atoms with Crippen LogP contribution in [-0.2, 0) is 0 Å². The molecule has 1 heterocycles. The van der Waals surface area contributed by atoms with Crippen LogP contribution in [0.1, 0.15) is 15.9 Å². The highest BCUT2D eigenvalue weighted by atomic mass is 32.1. The van der Waals surface area contributed by atoms with Gasteiger partial charge in [-0.15, -0.1) is 0 Å². The van der Waals surface area contributed by atoms with Crippen LogP contribution in [-0.4, -0.2) is 5.78 Å². The van der Waals surface area contributed by atoms with Crippen LogP contribution in [0.4, 0.5) is 0 Å². The lowest BCUT2D eigenvalue weighted by atomic mass is 10.0. The van der Waals surface area contributed by atoms with E-state index in [0.717, 1.165) is 0 Å². The number of benzene rings is 2. The molecule has 0 aliphatic heterocycles. The smallest absolute Gasteiger partial charge is 0.363 e. The van der Waals surface area contributed by atoms with Crippen LogP contribution in [0.2, 0.25) is 0 Å². The topological polar surface area (TPSA) is 43.4 Å². The van der Waals surface area contributed by atoms with Crippen molar-refractivity contribution < 1.29 is 13.6 Å². The molecule has 0 fully saturated rings. The highest BCUT2D eigenvalue weighted by Crippen LogP contribution is 2.20. The fourth-order valence-electron chi connectivity index (χ4n) is 1.77. The minimum atomic E-state index is -0.0557. The van der Waals surface area contributed by atoms with Gasteiger partial charge in [-0.25, -0.2) is 0 Å². The van der Waals surface area contributed by atoms with Gasteiger partial charge >= 0.3 is 4.90 Å². The quantitative estimate of drug-likeness (QED) is 0.513. The molecule has 0 N–H and O–H groups in total. The van der Waals surface area contributed by atoms with Crippen molar-refractivity contribution in [2.75, 3.05) is 0 Å². The van der Waals surface area contributed by atoms with Crippen molar-refractivity contribution in [3.63, 3.8) is 0 Å². The number of rotatable bonds is 2. The van der Waals surface area contributed by atoms with Crippen LogP contribution in [0.15, 0.2) is 57.4 Å². The van der Waals surface area contributed by atoms with Crippen molar-refractivity contribution in [2.45, 2.75) is 0 Å². The first-order valence-electron chi connectivity index (χ1n) is 5.37.